The Morgan fingerprint density at radius 3 is 3.00 bits per heavy atom. The van der Waals surface area contributed by atoms with Crippen LogP contribution >= 0.6 is 39.0 Å². The van der Waals surface area contributed by atoms with Gasteiger partial charge in [0, 0.05) is 21.1 Å². The summed E-state index contributed by atoms with van der Waals surface area (Å²) in [5.74, 6) is 1.07. The maximum Gasteiger partial charge on any atom is 0.263 e. The number of unbranched alkanes of at least 4 members (excludes halogenated alkanes) is 1. The van der Waals surface area contributed by atoms with Gasteiger partial charge in [-0.15, -0.1) is 11.3 Å². The van der Waals surface area contributed by atoms with Crippen LogP contribution in [0.1, 0.15) is 22.5 Å². The first-order valence-electron chi connectivity index (χ1n) is 6.38. The minimum Gasteiger partial charge on any atom is -0.397 e. The normalized spacial score (nSPS) is 10.9. The molecule has 1 aromatic carbocycles. The zero-order valence-electron chi connectivity index (χ0n) is 11.2. The molecule has 0 fully saturated rings. The number of nitrogens with one attached hydrogen (secondary N) is 1. The fraction of sp³-hybridized carbons (Fsp3) is 0.357. The number of hydrogen-bond acceptors (Lipinski definition) is 4. The highest BCUT2D eigenvalue weighted by Crippen LogP contribution is 2.35. The van der Waals surface area contributed by atoms with E-state index in [-0.39, 0.29) is 5.91 Å². The molecule has 1 aromatic heterocycles. The van der Waals surface area contributed by atoms with Gasteiger partial charge in [-0.3, -0.25) is 4.79 Å². The summed E-state index contributed by atoms with van der Waals surface area (Å²) in [4.78, 5) is 12.8. The van der Waals surface area contributed by atoms with Crippen LogP contribution in [-0.4, -0.2) is 24.5 Å². The van der Waals surface area contributed by atoms with Crippen LogP contribution in [0.25, 0.3) is 10.1 Å². The van der Waals surface area contributed by atoms with Gasteiger partial charge in [-0.05, 0) is 37.0 Å². The van der Waals surface area contributed by atoms with Crippen molar-refractivity contribution >= 4 is 60.7 Å². The molecule has 20 heavy (non-hydrogen) atoms. The van der Waals surface area contributed by atoms with Crippen molar-refractivity contribution in [1.82, 2.24) is 5.32 Å². The van der Waals surface area contributed by atoms with E-state index < -0.39 is 0 Å². The minimum atomic E-state index is -0.0658. The van der Waals surface area contributed by atoms with Crippen LogP contribution in [0.3, 0.4) is 0 Å². The van der Waals surface area contributed by atoms with E-state index in [1.54, 1.807) is 0 Å². The first-order chi connectivity index (χ1) is 9.63. The van der Waals surface area contributed by atoms with Crippen LogP contribution < -0.4 is 11.1 Å². The van der Waals surface area contributed by atoms with Crippen molar-refractivity contribution in [2.75, 3.05) is 24.3 Å². The standard InChI is InChI=1S/C14H17BrN2OS2/c1-19-7-3-2-6-17-14(18)13-12(16)10-5-4-9(15)8-11(10)20-13/h4-5,8H,2-3,6-7,16H2,1H3,(H,17,18). The summed E-state index contributed by atoms with van der Waals surface area (Å²) in [5, 5.41) is 3.89. The molecular formula is C14H17BrN2OS2. The Labute approximate surface area is 135 Å². The van der Waals surface area contributed by atoms with E-state index in [4.69, 9.17) is 5.73 Å². The summed E-state index contributed by atoms with van der Waals surface area (Å²) < 4.78 is 2.03. The average molecular weight is 373 g/mol. The van der Waals surface area contributed by atoms with Crippen molar-refractivity contribution in [1.29, 1.82) is 0 Å². The second-order valence-electron chi connectivity index (χ2n) is 4.44. The highest BCUT2D eigenvalue weighted by atomic mass is 79.9. The summed E-state index contributed by atoms with van der Waals surface area (Å²) in [6, 6.07) is 5.88. The van der Waals surface area contributed by atoms with Crippen LogP contribution in [0.5, 0.6) is 0 Å². The molecule has 1 heterocycles. The molecule has 2 aromatic rings. The van der Waals surface area contributed by atoms with E-state index in [0.717, 1.165) is 33.2 Å². The molecule has 0 unspecified atom stereocenters. The van der Waals surface area contributed by atoms with Gasteiger partial charge in [-0.25, -0.2) is 0 Å². The molecule has 3 N–H and O–H groups in total. The van der Waals surface area contributed by atoms with Gasteiger partial charge in [0.25, 0.3) is 5.91 Å². The molecule has 0 aliphatic rings. The molecule has 0 saturated carbocycles. The number of halogens is 1. The van der Waals surface area contributed by atoms with Crippen molar-refractivity contribution in [3.8, 4) is 0 Å². The Morgan fingerprint density at radius 1 is 1.45 bits per heavy atom. The van der Waals surface area contributed by atoms with Crippen LogP contribution in [0, 0.1) is 0 Å². The number of carbonyl (C=O) groups is 1. The summed E-state index contributed by atoms with van der Waals surface area (Å²) in [7, 11) is 0. The zero-order chi connectivity index (χ0) is 14.5. The Bertz CT molecular complexity index is 612. The van der Waals surface area contributed by atoms with Crippen molar-refractivity contribution in [3.05, 3.63) is 27.5 Å². The van der Waals surface area contributed by atoms with Crippen LogP contribution in [-0.2, 0) is 0 Å². The predicted octanol–water partition coefficient (Wildman–Crippen LogP) is 4.12. The molecule has 1 amide bonds. The predicted molar refractivity (Wildman–Crippen MR) is 93.9 cm³/mol. The van der Waals surface area contributed by atoms with E-state index in [1.807, 2.05) is 30.0 Å². The van der Waals surface area contributed by atoms with Gasteiger partial charge in [-0.1, -0.05) is 22.0 Å². The Morgan fingerprint density at radius 2 is 2.25 bits per heavy atom. The largest absolute Gasteiger partial charge is 0.397 e. The van der Waals surface area contributed by atoms with E-state index >= 15 is 0 Å². The van der Waals surface area contributed by atoms with E-state index in [9.17, 15) is 4.79 Å². The summed E-state index contributed by atoms with van der Waals surface area (Å²) in [5.41, 5.74) is 6.66. The number of thiophene rings is 1. The first kappa shape index (κ1) is 15.7. The number of anilines is 1. The maximum atomic E-state index is 12.2. The number of carbonyl (C=O) groups excluding carboxylic acids is 1. The quantitative estimate of drug-likeness (QED) is 0.749. The number of hydrogen-bond donors (Lipinski definition) is 2. The van der Waals surface area contributed by atoms with Crippen molar-refractivity contribution in [2.24, 2.45) is 0 Å². The number of nitrogen functional groups attached to an aromatic ring is 1. The van der Waals surface area contributed by atoms with Crippen LogP contribution in [0.15, 0.2) is 22.7 Å². The molecule has 0 aliphatic heterocycles. The van der Waals surface area contributed by atoms with Crippen LogP contribution in [0.2, 0.25) is 0 Å². The topological polar surface area (TPSA) is 55.1 Å². The molecule has 0 spiro atoms. The van der Waals surface area contributed by atoms with Crippen molar-refractivity contribution in [2.45, 2.75) is 12.8 Å². The van der Waals surface area contributed by atoms with Gasteiger partial charge >= 0.3 is 0 Å². The average Bonchev–Trinajstić information content (AvgIpc) is 2.75. The van der Waals surface area contributed by atoms with Gasteiger partial charge in [0.1, 0.15) is 4.88 Å². The summed E-state index contributed by atoms with van der Waals surface area (Å²) in [6.45, 7) is 0.705. The molecule has 0 saturated heterocycles. The van der Waals surface area contributed by atoms with E-state index in [0.29, 0.717) is 17.1 Å². The molecule has 0 aliphatic carbocycles. The lowest BCUT2D eigenvalue weighted by molar-refractivity contribution is 0.0958. The van der Waals surface area contributed by atoms with E-state index in [1.165, 1.54) is 11.3 Å². The lowest BCUT2D eigenvalue weighted by atomic mass is 10.2. The third-order valence-corrected chi connectivity index (χ3v) is 5.31. The Balaban J connectivity index is 2.04. The summed E-state index contributed by atoms with van der Waals surface area (Å²) >= 11 is 6.70. The molecule has 0 bridgehead atoms. The smallest absolute Gasteiger partial charge is 0.263 e. The third kappa shape index (κ3) is 3.68. The molecule has 2 rings (SSSR count). The number of fused-ring (bicyclic) bond motifs is 1. The number of amides is 1. The Kier molecular flexibility index (Phi) is 5.74. The minimum absolute atomic E-state index is 0.0658. The maximum absolute atomic E-state index is 12.2. The second kappa shape index (κ2) is 7.33. The molecule has 0 radical (unpaired) electrons. The fourth-order valence-corrected chi connectivity index (χ4v) is 4.00. The van der Waals surface area contributed by atoms with Gasteiger partial charge in [0.2, 0.25) is 0 Å². The lowest BCUT2D eigenvalue weighted by Crippen LogP contribution is -2.24. The molecule has 108 valence electrons. The van der Waals surface area contributed by atoms with Crippen LogP contribution in [0.4, 0.5) is 5.69 Å². The van der Waals surface area contributed by atoms with Gasteiger partial charge < -0.3 is 11.1 Å². The molecule has 0 atom stereocenters. The third-order valence-electron chi connectivity index (χ3n) is 2.96. The van der Waals surface area contributed by atoms with Gasteiger partial charge in [0.05, 0.1) is 5.69 Å². The number of thioether (sulfide) groups is 1. The first-order valence-corrected chi connectivity index (χ1v) is 9.38. The fourth-order valence-electron chi connectivity index (χ4n) is 1.91. The molecular weight excluding hydrogens is 356 g/mol. The molecule has 6 heteroatoms. The Hall–Kier alpha value is -0.720. The molecule has 3 nitrogen and oxygen atoms in total. The monoisotopic (exact) mass is 372 g/mol. The zero-order valence-corrected chi connectivity index (χ0v) is 14.5. The second-order valence-corrected chi connectivity index (χ2v) is 7.39. The number of rotatable bonds is 6. The lowest BCUT2D eigenvalue weighted by Gasteiger charge is -2.03. The highest BCUT2D eigenvalue weighted by Gasteiger charge is 2.15. The highest BCUT2D eigenvalue weighted by molar-refractivity contribution is 9.10. The van der Waals surface area contributed by atoms with Crippen molar-refractivity contribution < 1.29 is 4.79 Å². The summed E-state index contributed by atoms with van der Waals surface area (Å²) in [6.07, 6.45) is 4.22. The van der Waals surface area contributed by atoms with Gasteiger partial charge in [0.15, 0.2) is 0 Å². The SMILES string of the molecule is CSCCCCNC(=O)c1sc2cc(Br)ccc2c1N. The number of nitrogens with two attached hydrogens (primary N) is 1. The number of benzene rings is 1. The van der Waals surface area contributed by atoms with Crippen molar-refractivity contribution in [3.63, 3.8) is 0 Å². The van der Waals surface area contributed by atoms with Gasteiger partial charge in [-0.2, -0.15) is 11.8 Å². The van der Waals surface area contributed by atoms with E-state index in [2.05, 4.69) is 27.5 Å².